The van der Waals surface area contributed by atoms with Crippen molar-refractivity contribution in [2.24, 2.45) is 0 Å². The van der Waals surface area contributed by atoms with Gasteiger partial charge in [-0.2, -0.15) is 0 Å². The Hall–Kier alpha value is -3.55. The summed E-state index contributed by atoms with van der Waals surface area (Å²) in [4.78, 5) is 38.8. The van der Waals surface area contributed by atoms with Crippen molar-refractivity contribution in [3.8, 4) is 0 Å². The van der Waals surface area contributed by atoms with E-state index in [0.29, 0.717) is 11.1 Å². The Morgan fingerprint density at radius 2 is 2.04 bits per heavy atom. The number of aromatic nitrogens is 2. The minimum absolute atomic E-state index is 0.129. The fourth-order valence-corrected chi connectivity index (χ4v) is 2.52. The molecule has 0 aliphatic rings. The molecule has 126 valence electrons. The highest BCUT2D eigenvalue weighted by molar-refractivity contribution is 5.91. The third-order valence-electron chi connectivity index (χ3n) is 3.78. The van der Waals surface area contributed by atoms with Gasteiger partial charge in [0.15, 0.2) is 0 Å². The number of carbonyl (C=O) groups is 1. The zero-order chi connectivity index (χ0) is 18.0. The fourth-order valence-electron chi connectivity index (χ4n) is 2.52. The van der Waals surface area contributed by atoms with E-state index >= 15 is 0 Å². The van der Waals surface area contributed by atoms with Gasteiger partial charge in [-0.1, -0.05) is 18.2 Å². The SMILES string of the molecule is COC(=O)c1ccccc1Cn1cnc2cc([N+](=O)[O-])ccc2c1=O. The number of fused-ring (bicyclic) bond motifs is 1. The maximum atomic E-state index is 12.6. The number of methoxy groups -OCH3 is 1. The first-order chi connectivity index (χ1) is 12.0. The van der Waals surface area contributed by atoms with Crippen LogP contribution in [0.3, 0.4) is 0 Å². The zero-order valence-corrected chi connectivity index (χ0v) is 13.2. The number of benzene rings is 2. The van der Waals surface area contributed by atoms with Gasteiger partial charge in [-0.3, -0.25) is 19.5 Å². The van der Waals surface area contributed by atoms with Gasteiger partial charge in [0.2, 0.25) is 0 Å². The van der Waals surface area contributed by atoms with Gasteiger partial charge in [0.25, 0.3) is 11.2 Å². The van der Waals surface area contributed by atoms with Crippen LogP contribution in [0.2, 0.25) is 0 Å². The molecule has 8 heteroatoms. The standard InChI is InChI=1S/C17H13N3O5/c1-25-17(22)13-5-3-2-4-11(13)9-19-10-18-15-8-12(20(23)24)6-7-14(15)16(19)21/h2-8,10H,9H2,1H3. The summed E-state index contributed by atoms with van der Waals surface area (Å²) in [6.45, 7) is 0.129. The zero-order valence-electron chi connectivity index (χ0n) is 13.2. The highest BCUT2D eigenvalue weighted by Crippen LogP contribution is 2.17. The Morgan fingerprint density at radius 3 is 2.76 bits per heavy atom. The molecule has 0 aliphatic carbocycles. The molecule has 3 rings (SSSR count). The lowest BCUT2D eigenvalue weighted by atomic mass is 10.1. The van der Waals surface area contributed by atoms with E-state index in [1.807, 2.05) is 0 Å². The van der Waals surface area contributed by atoms with E-state index in [2.05, 4.69) is 4.98 Å². The Labute approximate surface area is 141 Å². The van der Waals surface area contributed by atoms with Gasteiger partial charge in [0.05, 0.1) is 41.4 Å². The molecule has 2 aromatic carbocycles. The summed E-state index contributed by atoms with van der Waals surface area (Å²) < 4.78 is 6.09. The van der Waals surface area contributed by atoms with Gasteiger partial charge in [0.1, 0.15) is 0 Å². The minimum atomic E-state index is -0.542. The predicted molar refractivity (Wildman–Crippen MR) is 89.5 cm³/mol. The number of rotatable bonds is 4. The van der Waals surface area contributed by atoms with Crippen LogP contribution in [0.25, 0.3) is 10.9 Å². The Kier molecular flexibility index (Phi) is 4.25. The van der Waals surface area contributed by atoms with Crippen LogP contribution >= 0.6 is 0 Å². The Balaban J connectivity index is 2.05. The molecular weight excluding hydrogens is 326 g/mol. The number of esters is 1. The molecule has 0 amide bonds. The topological polar surface area (TPSA) is 104 Å². The third-order valence-corrected chi connectivity index (χ3v) is 3.78. The van der Waals surface area contributed by atoms with E-state index < -0.39 is 10.9 Å². The van der Waals surface area contributed by atoms with Crippen LogP contribution in [-0.2, 0) is 11.3 Å². The summed E-state index contributed by atoms with van der Waals surface area (Å²) in [6.07, 6.45) is 1.31. The molecule has 0 saturated heterocycles. The largest absolute Gasteiger partial charge is 0.465 e. The van der Waals surface area contributed by atoms with E-state index in [1.54, 1.807) is 24.3 Å². The second-order valence-corrected chi connectivity index (χ2v) is 5.28. The number of nitrogens with zero attached hydrogens (tertiary/aromatic N) is 3. The monoisotopic (exact) mass is 339 g/mol. The predicted octanol–water partition coefficient (Wildman–Crippen LogP) is 2.14. The molecule has 0 aliphatic heterocycles. The lowest BCUT2D eigenvalue weighted by Crippen LogP contribution is -2.22. The maximum absolute atomic E-state index is 12.6. The molecule has 1 aromatic heterocycles. The fraction of sp³-hybridized carbons (Fsp3) is 0.118. The normalized spacial score (nSPS) is 10.6. The van der Waals surface area contributed by atoms with Crippen LogP contribution in [0.15, 0.2) is 53.6 Å². The van der Waals surface area contributed by atoms with Crippen LogP contribution in [0.4, 0.5) is 5.69 Å². The molecule has 25 heavy (non-hydrogen) atoms. The van der Waals surface area contributed by atoms with Gasteiger partial charge in [-0.05, 0) is 17.7 Å². The van der Waals surface area contributed by atoms with Crippen molar-refractivity contribution in [3.05, 3.63) is 80.4 Å². The Morgan fingerprint density at radius 1 is 1.28 bits per heavy atom. The van der Waals surface area contributed by atoms with Crippen molar-refractivity contribution in [1.29, 1.82) is 0 Å². The number of ether oxygens (including phenoxy) is 1. The van der Waals surface area contributed by atoms with Crippen molar-refractivity contribution < 1.29 is 14.5 Å². The van der Waals surface area contributed by atoms with E-state index in [4.69, 9.17) is 4.74 Å². The molecule has 0 radical (unpaired) electrons. The molecule has 1 heterocycles. The summed E-state index contributed by atoms with van der Waals surface area (Å²) in [5.74, 6) is -0.493. The number of nitro benzene ring substituents is 1. The molecule has 0 saturated carbocycles. The van der Waals surface area contributed by atoms with E-state index in [1.165, 1.54) is 36.2 Å². The molecule has 0 atom stereocenters. The average molecular weight is 339 g/mol. The van der Waals surface area contributed by atoms with Crippen molar-refractivity contribution in [3.63, 3.8) is 0 Å². The number of carbonyl (C=O) groups excluding carboxylic acids is 1. The lowest BCUT2D eigenvalue weighted by Gasteiger charge is -2.10. The first-order valence-corrected chi connectivity index (χ1v) is 7.31. The van der Waals surface area contributed by atoms with Gasteiger partial charge < -0.3 is 4.74 Å². The molecule has 0 fully saturated rings. The second kappa shape index (κ2) is 6.52. The quantitative estimate of drug-likeness (QED) is 0.410. The molecule has 0 unspecified atom stereocenters. The smallest absolute Gasteiger partial charge is 0.338 e. The van der Waals surface area contributed by atoms with Crippen molar-refractivity contribution in [1.82, 2.24) is 9.55 Å². The minimum Gasteiger partial charge on any atom is -0.465 e. The van der Waals surface area contributed by atoms with Gasteiger partial charge in [0, 0.05) is 12.1 Å². The lowest BCUT2D eigenvalue weighted by molar-refractivity contribution is -0.384. The van der Waals surface area contributed by atoms with E-state index in [-0.39, 0.29) is 28.7 Å². The molecule has 3 aromatic rings. The first-order valence-electron chi connectivity index (χ1n) is 7.31. The summed E-state index contributed by atoms with van der Waals surface area (Å²) >= 11 is 0. The van der Waals surface area contributed by atoms with Gasteiger partial charge in [-0.15, -0.1) is 0 Å². The Bertz CT molecular complexity index is 1040. The van der Waals surface area contributed by atoms with Crippen LogP contribution in [0.1, 0.15) is 15.9 Å². The maximum Gasteiger partial charge on any atom is 0.338 e. The van der Waals surface area contributed by atoms with Gasteiger partial charge in [-0.25, -0.2) is 9.78 Å². The molecule has 0 N–H and O–H groups in total. The van der Waals surface area contributed by atoms with Crippen molar-refractivity contribution in [2.75, 3.05) is 7.11 Å². The molecule has 0 spiro atoms. The van der Waals surface area contributed by atoms with E-state index in [9.17, 15) is 19.7 Å². The summed E-state index contributed by atoms with van der Waals surface area (Å²) in [6, 6.07) is 10.7. The highest BCUT2D eigenvalue weighted by atomic mass is 16.6. The molecule has 8 nitrogen and oxygen atoms in total. The van der Waals surface area contributed by atoms with E-state index in [0.717, 1.165) is 0 Å². The van der Waals surface area contributed by atoms with Crippen LogP contribution in [-0.4, -0.2) is 27.6 Å². The third kappa shape index (κ3) is 3.09. The second-order valence-electron chi connectivity index (χ2n) is 5.28. The number of hydrogen-bond donors (Lipinski definition) is 0. The van der Waals surface area contributed by atoms with Crippen LogP contribution in [0, 0.1) is 10.1 Å². The van der Waals surface area contributed by atoms with Crippen molar-refractivity contribution >= 4 is 22.6 Å². The summed E-state index contributed by atoms with van der Waals surface area (Å²) in [5, 5.41) is 11.1. The van der Waals surface area contributed by atoms with Crippen molar-refractivity contribution in [2.45, 2.75) is 6.54 Å². The number of hydrogen-bond acceptors (Lipinski definition) is 6. The summed E-state index contributed by atoms with van der Waals surface area (Å²) in [7, 11) is 1.29. The van der Waals surface area contributed by atoms with Gasteiger partial charge >= 0.3 is 5.97 Å². The number of nitro groups is 1. The van der Waals surface area contributed by atoms with Crippen LogP contribution < -0.4 is 5.56 Å². The average Bonchev–Trinajstić information content (AvgIpc) is 2.63. The molecular formula is C17H13N3O5. The molecule has 0 bridgehead atoms. The van der Waals surface area contributed by atoms with Crippen LogP contribution in [0.5, 0.6) is 0 Å². The number of non-ortho nitro benzene ring substituents is 1. The highest BCUT2D eigenvalue weighted by Gasteiger charge is 2.14. The summed E-state index contributed by atoms with van der Waals surface area (Å²) in [5.41, 5.74) is 0.740. The first kappa shape index (κ1) is 16.3.